The monoisotopic (exact) mass is 344 g/mol. The van der Waals surface area contributed by atoms with Crippen molar-refractivity contribution < 1.29 is 9.59 Å². The summed E-state index contributed by atoms with van der Waals surface area (Å²) in [6, 6.07) is 19.3. The van der Waals surface area contributed by atoms with Gasteiger partial charge in [0.25, 0.3) is 0 Å². The number of rotatable bonds is 5. The van der Waals surface area contributed by atoms with E-state index in [9.17, 15) is 9.59 Å². The van der Waals surface area contributed by atoms with Crippen LogP contribution in [-0.2, 0) is 9.59 Å². The molecule has 0 N–H and O–H groups in total. The molecular formula is C18H17BrO2. The molecule has 0 aliphatic carbocycles. The van der Waals surface area contributed by atoms with Crippen molar-refractivity contribution in [3.8, 4) is 0 Å². The molecule has 0 aliphatic heterocycles. The van der Waals surface area contributed by atoms with Crippen LogP contribution in [-0.4, -0.2) is 15.9 Å². The number of alkyl halides is 1. The van der Waals surface area contributed by atoms with Crippen LogP contribution in [0.1, 0.15) is 30.9 Å². The third-order valence-corrected chi connectivity index (χ3v) is 5.26. The summed E-state index contributed by atoms with van der Waals surface area (Å²) in [5, 5.41) is 0. The first-order valence-electron chi connectivity index (χ1n) is 6.78. The number of ketones is 2. The Morgan fingerprint density at radius 2 is 1.14 bits per heavy atom. The molecule has 0 amide bonds. The molecule has 0 atom stereocenters. The zero-order chi connectivity index (χ0) is 15.5. The number of benzene rings is 2. The first-order chi connectivity index (χ1) is 9.98. The van der Waals surface area contributed by atoms with Crippen molar-refractivity contribution in [3.63, 3.8) is 0 Å². The molecule has 0 spiro atoms. The molecule has 0 aliphatic rings. The summed E-state index contributed by atoms with van der Waals surface area (Å²) in [4.78, 5) is 24.5. The molecule has 0 aromatic heterocycles. The standard InChI is InChI=1S/C18H17BrO2/c1-13(20)18(19,14(2)21)17(15-9-5-3-6-10-15)16-11-7-4-8-12-16/h3-12,17H,1-2H3. The van der Waals surface area contributed by atoms with Crippen molar-refractivity contribution in [2.75, 3.05) is 0 Å². The van der Waals surface area contributed by atoms with Gasteiger partial charge in [-0.15, -0.1) is 0 Å². The molecule has 0 saturated heterocycles. The van der Waals surface area contributed by atoms with E-state index in [2.05, 4.69) is 15.9 Å². The highest BCUT2D eigenvalue weighted by molar-refractivity contribution is 9.10. The number of halogens is 1. The summed E-state index contributed by atoms with van der Waals surface area (Å²) < 4.78 is -1.24. The van der Waals surface area contributed by atoms with Crippen LogP contribution in [0.25, 0.3) is 0 Å². The van der Waals surface area contributed by atoms with Crippen molar-refractivity contribution >= 4 is 27.5 Å². The van der Waals surface area contributed by atoms with Crippen LogP contribution in [0, 0.1) is 0 Å². The molecule has 0 fully saturated rings. The summed E-state index contributed by atoms with van der Waals surface area (Å²) in [5.41, 5.74) is 1.87. The third kappa shape index (κ3) is 2.98. The lowest BCUT2D eigenvalue weighted by atomic mass is 9.77. The van der Waals surface area contributed by atoms with E-state index in [-0.39, 0.29) is 17.5 Å². The summed E-state index contributed by atoms with van der Waals surface area (Å²) in [6.45, 7) is 2.91. The topological polar surface area (TPSA) is 34.1 Å². The maximum absolute atomic E-state index is 12.2. The fourth-order valence-electron chi connectivity index (χ4n) is 2.60. The summed E-state index contributed by atoms with van der Waals surface area (Å²) in [5.74, 6) is -0.727. The van der Waals surface area contributed by atoms with E-state index in [1.54, 1.807) is 0 Å². The van der Waals surface area contributed by atoms with E-state index in [0.29, 0.717) is 0 Å². The normalized spacial score (nSPS) is 11.4. The Hall–Kier alpha value is -1.74. The Bertz CT molecular complexity index is 581. The second kappa shape index (κ2) is 6.35. The maximum Gasteiger partial charge on any atom is 0.154 e. The van der Waals surface area contributed by atoms with Gasteiger partial charge in [-0.1, -0.05) is 76.6 Å². The second-order valence-corrected chi connectivity index (χ2v) is 6.33. The van der Waals surface area contributed by atoms with Gasteiger partial charge < -0.3 is 0 Å². The fraction of sp³-hybridized carbons (Fsp3) is 0.222. The number of carbonyl (C=O) groups is 2. The first kappa shape index (κ1) is 15.6. The molecule has 108 valence electrons. The number of hydrogen-bond acceptors (Lipinski definition) is 2. The van der Waals surface area contributed by atoms with Gasteiger partial charge in [-0.25, -0.2) is 0 Å². The highest BCUT2D eigenvalue weighted by Crippen LogP contribution is 2.42. The number of hydrogen-bond donors (Lipinski definition) is 0. The molecule has 0 heterocycles. The van der Waals surface area contributed by atoms with E-state index in [0.717, 1.165) is 11.1 Å². The van der Waals surface area contributed by atoms with Gasteiger partial charge in [0.05, 0.1) is 0 Å². The lowest BCUT2D eigenvalue weighted by molar-refractivity contribution is -0.128. The van der Waals surface area contributed by atoms with Gasteiger partial charge in [0.1, 0.15) is 0 Å². The highest BCUT2D eigenvalue weighted by atomic mass is 79.9. The van der Waals surface area contributed by atoms with Crippen LogP contribution in [0.3, 0.4) is 0 Å². The molecule has 0 bridgehead atoms. The van der Waals surface area contributed by atoms with E-state index in [1.165, 1.54) is 13.8 Å². The van der Waals surface area contributed by atoms with Gasteiger partial charge in [-0.3, -0.25) is 9.59 Å². The van der Waals surface area contributed by atoms with Crippen LogP contribution in [0.15, 0.2) is 60.7 Å². The minimum atomic E-state index is -1.24. The van der Waals surface area contributed by atoms with Gasteiger partial charge in [-0.2, -0.15) is 0 Å². The smallest absolute Gasteiger partial charge is 0.154 e. The quantitative estimate of drug-likeness (QED) is 0.603. The number of Topliss-reactive ketones (excluding diaryl/α,β-unsaturated/α-hetero) is 2. The molecule has 21 heavy (non-hydrogen) atoms. The molecule has 2 aromatic rings. The van der Waals surface area contributed by atoms with Crippen LogP contribution < -0.4 is 0 Å². The lowest BCUT2D eigenvalue weighted by Gasteiger charge is -2.32. The van der Waals surface area contributed by atoms with Crippen LogP contribution in [0.5, 0.6) is 0 Å². The third-order valence-electron chi connectivity index (χ3n) is 3.69. The van der Waals surface area contributed by atoms with E-state index >= 15 is 0 Å². The fourth-order valence-corrected chi connectivity index (χ4v) is 3.13. The van der Waals surface area contributed by atoms with Crippen LogP contribution in [0.2, 0.25) is 0 Å². The lowest BCUT2D eigenvalue weighted by Crippen LogP contribution is -2.44. The van der Waals surface area contributed by atoms with Gasteiger partial charge in [0, 0.05) is 5.92 Å². The predicted molar refractivity (Wildman–Crippen MR) is 87.7 cm³/mol. The minimum absolute atomic E-state index is 0.187. The Morgan fingerprint density at radius 1 is 0.810 bits per heavy atom. The molecule has 3 heteroatoms. The Balaban J connectivity index is 2.67. The van der Waals surface area contributed by atoms with Gasteiger partial charge in [0.2, 0.25) is 0 Å². The van der Waals surface area contributed by atoms with Crippen molar-refractivity contribution in [1.29, 1.82) is 0 Å². The van der Waals surface area contributed by atoms with Crippen molar-refractivity contribution in [3.05, 3.63) is 71.8 Å². The molecule has 2 aromatic carbocycles. The molecule has 0 unspecified atom stereocenters. The van der Waals surface area contributed by atoms with E-state index in [4.69, 9.17) is 0 Å². The molecule has 0 saturated carbocycles. The first-order valence-corrected chi connectivity index (χ1v) is 7.58. The minimum Gasteiger partial charge on any atom is -0.298 e. The van der Waals surface area contributed by atoms with Gasteiger partial charge in [0.15, 0.2) is 15.9 Å². The van der Waals surface area contributed by atoms with Crippen LogP contribution >= 0.6 is 15.9 Å². The van der Waals surface area contributed by atoms with Crippen molar-refractivity contribution in [2.45, 2.75) is 24.1 Å². The summed E-state index contributed by atoms with van der Waals surface area (Å²) in [7, 11) is 0. The van der Waals surface area contributed by atoms with Crippen molar-refractivity contribution in [2.24, 2.45) is 0 Å². The maximum atomic E-state index is 12.2. The number of carbonyl (C=O) groups excluding carboxylic acids is 2. The molecule has 2 nitrogen and oxygen atoms in total. The van der Waals surface area contributed by atoms with E-state index < -0.39 is 4.32 Å². The summed E-state index contributed by atoms with van der Waals surface area (Å²) in [6.07, 6.45) is 0. The van der Waals surface area contributed by atoms with E-state index in [1.807, 2.05) is 60.7 Å². The zero-order valence-electron chi connectivity index (χ0n) is 12.0. The van der Waals surface area contributed by atoms with Crippen molar-refractivity contribution in [1.82, 2.24) is 0 Å². The molecular weight excluding hydrogens is 328 g/mol. The van der Waals surface area contributed by atoms with Gasteiger partial charge in [-0.05, 0) is 25.0 Å². The SMILES string of the molecule is CC(=O)C(Br)(C(C)=O)C(c1ccccc1)c1ccccc1. The molecule has 2 rings (SSSR count). The average molecular weight is 345 g/mol. The largest absolute Gasteiger partial charge is 0.298 e. The Labute approximate surface area is 133 Å². The molecule has 0 radical (unpaired) electrons. The summed E-state index contributed by atoms with van der Waals surface area (Å²) >= 11 is 3.46. The second-order valence-electron chi connectivity index (χ2n) is 5.08. The zero-order valence-corrected chi connectivity index (χ0v) is 13.6. The van der Waals surface area contributed by atoms with Crippen LogP contribution in [0.4, 0.5) is 0 Å². The average Bonchev–Trinajstić information content (AvgIpc) is 2.49. The predicted octanol–water partition coefficient (Wildman–Crippen LogP) is 4.13. The Kier molecular flexibility index (Phi) is 4.73. The highest BCUT2D eigenvalue weighted by Gasteiger charge is 2.46. The Morgan fingerprint density at radius 3 is 1.43 bits per heavy atom. The van der Waals surface area contributed by atoms with Gasteiger partial charge >= 0.3 is 0 Å².